The molecule has 1 heterocycles. The van der Waals surface area contributed by atoms with E-state index in [0.717, 1.165) is 0 Å². The van der Waals surface area contributed by atoms with Gasteiger partial charge in [0.15, 0.2) is 0 Å². The molecule has 0 bridgehead atoms. The van der Waals surface area contributed by atoms with Crippen LogP contribution in [0, 0.1) is 6.92 Å². The second kappa shape index (κ2) is 3.91. The summed E-state index contributed by atoms with van der Waals surface area (Å²) in [4.78, 5) is 3.69. The molecule has 2 rings (SSSR count). The first kappa shape index (κ1) is 11.7. The van der Waals surface area contributed by atoms with Crippen molar-refractivity contribution < 1.29 is 13.2 Å². The van der Waals surface area contributed by atoms with Crippen molar-refractivity contribution in [2.75, 3.05) is 12.4 Å². The molecule has 0 saturated heterocycles. The Hall–Kier alpha value is -1.78. The van der Waals surface area contributed by atoms with Crippen LogP contribution in [0.3, 0.4) is 0 Å². The van der Waals surface area contributed by atoms with Crippen LogP contribution in [0.1, 0.15) is 11.3 Å². The van der Waals surface area contributed by atoms with Crippen molar-refractivity contribution in [2.45, 2.75) is 13.1 Å². The molecule has 1 aromatic heterocycles. The molecule has 1 N–H and O–H groups in total. The zero-order chi connectivity index (χ0) is 12.6. The predicted molar refractivity (Wildman–Crippen MR) is 61.0 cm³/mol. The molecule has 2 nitrogen and oxygen atoms in total. The van der Waals surface area contributed by atoms with Gasteiger partial charge in [-0.3, -0.25) is 0 Å². The highest BCUT2D eigenvalue weighted by Gasteiger charge is 2.35. The van der Waals surface area contributed by atoms with Crippen LogP contribution in [0.4, 0.5) is 18.9 Å². The van der Waals surface area contributed by atoms with Crippen LogP contribution < -0.4 is 5.32 Å². The number of pyridine rings is 1. The summed E-state index contributed by atoms with van der Waals surface area (Å²) in [6, 6.07) is 6.77. The summed E-state index contributed by atoms with van der Waals surface area (Å²) in [5, 5.41) is 3.51. The summed E-state index contributed by atoms with van der Waals surface area (Å²) in [5.74, 6) is 0. The lowest BCUT2D eigenvalue weighted by Crippen LogP contribution is -2.12. The number of hydrogen-bond donors (Lipinski definition) is 1. The maximum atomic E-state index is 12.8. The van der Waals surface area contributed by atoms with Gasteiger partial charge in [-0.1, -0.05) is 18.2 Å². The Morgan fingerprint density at radius 1 is 1.18 bits per heavy atom. The second-order valence-electron chi connectivity index (χ2n) is 3.73. The van der Waals surface area contributed by atoms with Crippen LogP contribution in [0.2, 0.25) is 0 Å². The van der Waals surface area contributed by atoms with E-state index < -0.39 is 11.9 Å². The van der Waals surface area contributed by atoms with Crippen LogP contribution >= 0.6 is 0 Å². The number of alkyl halides is 3. The molecule has 17 heavy (non-hydrogen) atoms. The van der Waals surface area contributed by atoms with E-state index in [9.17, 15) is 13.2 Å². The first-order chi connectivity index (χ1) is 7.95. The maximum Gasteiger partial charge on any atom is 0.433 e. The lowest BCUT2D eigenvalue weighted by molar-refractivity contribution is -0.141. The van der Waals surface area contributed by atoms with E-state index in [1.54, 1.807) is 31.3 Å². The number of nitrogens with one attached hydrogen (secondary N) is 1. The zero-order valence-electron chi connectivity index (χ0n) is 9.39. The van der Waals surface area contributed by atoms with Gasteiger partial charge in [-0.15, -0.1) is 0 Å². The summed E-state index contributed by atoms with van der Waals surface area (Å²) in [6.07, 6.45) is -4.43. The topological polar surface area (TPSA) is 24.9 Å². The van der Waals surface area contributed by atoms with E-state index in [1.165, 1.54) is 6.92 Å². The number of hydrogen-bond acceptors (Lipinski definition) is 2. The van der Waals surface area contributed by atoms with Crippen LogP contribution in [0.5, 0.6) is 0 Å². The van der Waals surface area contributed by atoms with Gasteiger partial charge < -0.3 is 5.32 Å². The molecule has 0 spiro atoms. The van der Waals surface area contributed by atoms with Gasteiger partial charge in [0.05, 0.1) is 5.52 Å². The van der Waals surface area contributed by atoms with E-state index in [2.05, 4.69) is 10.3 Å². The minimum absolute atomic E-state index is 0.124. The van der Waals surface area contributed by atoms with Gasteiger partial charge in [0.2, 0.25) is 0 Å². The average molecular weight is 240 g/mol. The largest absolute Gasteiger partial charge is 0.433 e. The van der Waals surface area contributed by atoms with E-state index in [4.69, 9.17) is 0 Å². The van der Waals surface area contributed by atoms with Gasteiger partial charge in [-0.2, -0.15) is 13.2 Å². The van der Waals surface area contributed by atoms with Crippen LogP contribution in [-0.2, 0) is 6.18 Å². The first-order valence-electron chi connectivity index (χ1n) is 5.09. The van der Waals surface area contributed by atoms with E-state index in [0.29, 0.717) is 16.6 Å². The maximum absolute atomic E-state index is 12.8. The minimum atomic E-state index is -4.43. The predicted octanol–water partition coefficient (Wildman–Crippen LogP) is 3.60. The molecule has 0 aliphatic heterocycles. The highest BCUT2D eigenvalue weighted by molar-refractivity contribution is 5.93. The summed E-state index contributed by atoms with van der Waals surface area (Å²) in [5.41, 5.74) is 0.108. The summed E-state index contributed by atoms with van der Waals surface area (Å²) < 4.78 is 38.4. The molecule has 0 aliphatic rings. The number of rotatable bonds is 1. The van der Waals surface area contributed by atoms with Crippen LogP contribution in [0.25, 0.3) is 10.9 Å². The van der Waals surface area contributed by atoms with Crippen molar-refractivity contribution in [1.82, 2.24) is 4.98 Å². The Morgan fingerprint density at radius 2 is 1.82 bits per heavy atom. The summed E-state index contributed by atoms with van der Waals surface area (Å²) >= 11 is 0. The fourth-order valence-corrected chi connectivity index (χ4v) is 1.91. The van der Waals surface area contributed by atoms with Gasteiger partial charge in [-0.05, 0) is 13.0 Å². The van der Waals surface area contributed by atoms with Crippen molar-refractivity contribution >= 4 is 16.6 Å². The number of para-hydroxylation sites is 1. The molecule has 2 aromatic rings. The molecule has 0 aliphatic carbocycles. The molecule has 5 heteroatoms. The standard InChI is InChI=1S/C12H11F3N2/c1-7-10(16-2)8-5-3-4-6-9(8)17-11(7)12(13,14)15/h3-6H,1-2H3,(H,16,17). The molecular formula is C12H11F3N2. The van der Waals surface area contributed by atoms with E-state index >= 15 is 0 Å². The van der Waals surface area contributed by atoms with Gasteiger partial charge in [0.25, 0.3) is 0 Å². The SMILES string of the molecule is CNc1c(C)c(C(F)(F)F)nc2ccccc12. The van der Waals surface area contributed by atoms with Gasteiger partial charge in [0.1, 0.15) is 5.69 Å². The minimum Gasteiger partial charge on any atom is -0.387 e. The Morgan fingerprint density at radius 3 is 2.41 bits per heavy atom. The first-order valence-corrected chi connectivity index (χ1v) is 5.09. The quantitative estimate of drug-likeness (QED) is 0.823. The van der Waals surface area contributed by atoms with E-state index in [1.807, 2.05) is 0 Å². The van der Waals surface area contributed by atoms with E-state index in [-0.39, 0.29) is 5.56 Å². The third kappa shape index (κ3) is 1.92. The molecule has 90 valence electrons. The smallest absolute Gasteiger partial charge is 0.387 e. The van der Waals surface area contributed by atoms with Gasteiger partial charge in [-0.25, -0.2) is 4.98 Å². The Kier molecular flexibility index (Phi) is 2.69. The van der Waals surface area contributed by atoms with Crippen molar-refractivity contribution in [2.24, 2.45) is 0 Å². The molecule has 0 unspecified atom stereocenters. The molecule has 0 amide bonds. The van der Waals surface area contributed by atoms with Crippen LogP contribution in [0.15, 0.2) is 24.3 Å². The highest BCUT2D eigenvalue weighted by atomic mass is 19.4. The molecule has 0 atom stereocenters. The lowest BCUT2D eigenvalue weighted by Gasteiger charge is -2.15. The van der Waals surface area contributed by atoms with Gasteiger partial charge >= 0.3 is 6.18 Å². The third-order valence-electron chi connectivity index (χ3n) is 2.65. The molecule has 0 radical (unpaired) electrons. The third-order valence-corrected chi connectivity index (χ3v) is 2.65. The summed E-state index contributed by atoms with van der Waals surface area (Å²) in [6.45, 7) is 1.42. The average Bonchev–Trinajstić information content (AvgIpc) is 2.27. The van der Waals surface area contributed by atoms with Crippen molar-refractivity contribution in [3.63, 3.8) is 0 Å². The summed E-state index contributed by atoms with van der Waals surface area (Å²) in [7, 11) is 1.61. The normalized spacial score (nSPS) is 11.8. The Balaban J connectivity index is 2.85. The number of halogens is 3. The number of aromatic nitrogens is 1. The Bertz CT molecular complexity index is 561. The molecular weight excluding hydrogens is 229 g/mol. The Labute approximate surface area is 96.5 Å². The monoisotopic (exact) mass is 240 g/mol. The number of anilines is 1. The number of fused-ring (bicyclic) bond motifs is 1. The molecule has 1 aromatic carbocycles. The molecule has 0 fully saturated rings. The van der Waals surface area contributed by atoms with Crippen molar-refractivity contribution in [3.8, 4) is 0 Å². The second-order valence-corrected chi connectivity index (χ2v) is 3.73. The molecule has 0 saturated carbocycles. The van der Waals surface area contributed by atoms with Crippen molar-refractivity contribution in [1.29, 1.82) is 0 Å². The van der Waals surface area contributed by atoms with Crippen molar-refractivity contribution in [3.05, 3.63) is 35.5 Å². The number of benzene rings is 1. The van der Waals surface area contributed by atoms with Gasteiger partial charge in [0, 0.05) is 23.7 Å². The van der Waals surface area contributed by atoms with Crippen LogP contribution in [-0.4, -0.2) is 12.0 Å². The highest BCUT2D eigenvalue weighted by Crippen LogP contribution is 2.36. The lowest BCUT2D eigenvalue weighted by atomic mass is 10.1. The number of nitrogens with zero attached hydrogens (tertiary/aromatic N) is 1. The fourth-order valence-electron chi connectivity index (χ4n) is 1.91. The fraction of sp³-hybridized carbons (Fsp3) is 0.250. The zero-order valence-corrected chi connectivity index (χ0v) is 9.39.